The Kier molecular flexibility index (Phi) is 5.38. The van der Waals surface area contributed by atoms with E-state index in [1.54, 1.807) is 12.0 Å². The highest BCUT2D eigenvalue weighted by Gasteiger charge is 2.31. The molecular weight excluding hydrogens is 284 g/mol. The van der Waals surface area contributed by atoms with Crippen LogP contribution in [0.15, 0.2) is 24.3 Å². The van der Waals surface area contributed by atoms with Crippen molar-refractivity contribution in [2.24, 2.45) is 0 Å². The number of rotatable bonds is 6. The highest BCUT2D eigenvalue weighted by atomic mass is 16.5. The minimum absolute atomic E-state index is 0.108. The Hall–Kier alpha value is -2.08. The Bertz CT molecular complexity index is 547. The van der Waals surface area contributed by atoms with Gasteiger partial charge in [-0.05, 0) is 32.4 Å². The minimum Gasteiger partial charge on any atom is -0.496 e. The first-order chi connectivity index (χ1) is 10.5. The zero-order chi connectivity index (χ0) is 16.1. The number of hydrogen-bond acceptors (Lipinski definition) is 4. The maximum atomic E-state index is 12.2. The maximum Gasteiger partial charge on any atom is 0.320 e. The highest BCUT2D eigenvalue weighted by Crippen LogP contribution is 2.24. The molecule has 120 valence electrons. The van der Waals surface area contributed by atoms with Crippen LogP contribution < -0.4 is 10.1 Å². The molecule has 22 heavy (non-hydrogen) atoms. The second-order valence-corrected chi connectivity index (χ2v) is 5.50. The zero-order valence-corrected chi connectivity index (χ0v) is 12.9. The van der Waals surface area contributed by atoms with Crippen molar-refractivity contribution in [1.82, 2.24) is 10.2 Å². The number of carbonyl (C=O) groups is 2. The minimum atomic E-state index is -0.858. The molecular formula is C16H22N2O4. The van der Waals surface area contributed by atoms with Crippen LogP contribution in [-0.4, -0.2) is 48.1 Å². The van der Waals surface area contributed by atoms with Gasteiger partial charge in [0.2, 0.25) is 5.91 Å². The Morgan fingerprint density at radius 2 is 2.18 bits per heavy atom. The molecule has 0 aliphatic carbocycles. The first-order valence-electron chi connectivity index (χ1n) is 7.42. The monoisotopic (exact) mass is 306 g/mol. The summed E-state index contributed by atoms with van der Waals surface area (Å²) in [5.41, 5.74) is 0.898. The van der Waals surface area contributed by atoms with Crippen LogP contribution in [0.4, 0.5) is 0 Å². The summed E-state index contributed by atoms with van der Waals surface area (Å²) >= 11 is 0. The molecule has 1 aliphatic rings. The molecule has 1 heterocycles. The SMILES string of the molecule is COc1ccccc1[C@@H](C)NC(=O)CN1CCC[C@H]1C(=O)O. The van der Waals surface area contributed by atoms with Crippen molar-refractivity contribution in [3.63, 3.8) is 0 Å². The summed E-state index contributed by atoms with van der Waals surface area (Å²) in [5, 5.41) is 12.0. The summed E-state index contributed by atoms with van der Waals surface area (Å²) in [5.74, 6) is -0.311. The average Bonchev–Trinajstić information content (AvgIpc) is 2.95. The number of aliphatic carboxylic acids is 1. The second-order valence-electron chi connectivity index (χ2n) is 5.50. The van der Waals surface area contributed by atoms with Gasteiger partial charge in [-0.3, -0.25) is 14.5 Å². The summed E-state index contributed by atoms with van der Waals surface area (Å²) in [6, 6.07) is 6.76. The predicted molar refractivity (Wildman–Crippen MR) is 81.8 cm³/mol. The lowest BCUT2D eigenvalue weighted by Crippen LogP contribution is -2.43. The van der Waals surface area contributed by atoms with Crippen molar-refractivity contribution in [2.45, 2.75) is 31.8 Å². The molecule has 0 unspecified atom stereocenters. The number of likely N-dealkylation sites (tertiary alicyclic amines) is 1. The lowest BCUT2D eigenvalue weighted by molar-refractivity contribution is -0.142. The number of nitrogens with one attached hydrogen (secondary N) is 1. The Labute approximate surface area is 130 Å². The standard InChI is InChI=1S/C16H22N2O4/c1-11(12-6-3-4-8-14(12)22-2)17-15(19)10-18-9-5-7-13(18)16(20)21/h3-4,6,8,11,13H,5,7,9-10H2,1-2H3,(H,17,19)(H,20,21)/t11-,13+/m1/s1. The second kappa shape index (κ2) is 7.26. The molecule has 0 bridgehead atoms. The third-order valence-corrected chi connectivity index (χ3v) is 3.98. The van der Waals surface area contributed by atoms with Gasteiger partial charge in [-0.2, -0.15) is 0 Å². The first kappa shape index (κ1) is 16.3. The van der Waals surface area contributed by atoms with Gasteiger partial charge in [-0.1, -0.05) is 18.2 Å². The number of para-hydroxylation sites is 1. The van der Waals surface area contributed by atoms with Crippen LogP contribution in [0.5, 0.6) is 5.75 Å². The van der Waals surface area contributed by atoms with Crippen LogP contribution in [0.1, 0.15) is 31.4 Å². The Morgan fingerprint density at radius 1 is 1.45 bits per heavy atom. The number of carboxylic acid groups (broad SMARTS) is 1. The van der Waals surface area contributed by atoms with E-state index in [4.69, 9.17) is 9.84 Å². The van der Waals surface area contributed by atoms with E-state index in [0.717, 1.165) is 17.7 Å². The van der Waals surface area contributed by atoms with Gasteiger partial charge >= 0.3 is 5.97 Å². The number of methoxy groups -OCH3 is 1. The number of amides is 1. The maximum absolute atomic E-state index is 12.2. The van der Waals surface area contributed by atoms with Gasteiger partial charge in [0.25, 0.3) is 0 Å². The van der Waals surface area contributed by atoms with Crippen LogP contribution in [0.2, 0.25) is 0 Å². The molecule has 1 fully saturated rings. The third-order valence-electron chi connectivity index (χ3n) is 3.98. The molecule has 1 aliphatic heterocycles. The number of benzene rings is 1. The van der Waals surface area contributed by atoms with Crippen molar-refractivity contribution >= 4 is 11.9 Å². The predicted octanol–water partition coefficient (Wildman–Crippen LogP) is 1.42. The summed E-state index contributed by atoms with van der Waals surface area (Å²) in [4.78, 5) is 25.0. The third kappa shape index (κ3) is 3.76. The van der Waals surface area contributed by atoms with Crippen LogP contribution in [0.3, 0.4) is 0 Å². The molecule has 1 amide bonds. The molecule has 1 saturated heterocycles. The fourth-order valence-electron chi connectivity index (χ4n) is 2.87. The largest absolute Gasteiger partial charge is 0.496 e. The van der Waals surface area contributed by atoms with Crippen LogP contribution >= 0.6 is 0 Å². The Morgan fingerprint density at radius 3 is 2.86 bits per heavy atom. The lowest BCUT2D eigenvalue weighted by Gasteiger charge is -2.22. The molecule has 6 heteroatoms. The smallest absolute Gasteiger partial charge is 0.320 e. The molecule has 0 aromatic heterocycles. The molecule has 0 saturated carbocycles. The fourth-order valence-corrected chi connectivity index (χ4v) is 2.87. The van der Waals surface area contributed by atoms with Gasteiger partial charge < -0.3 is 15.2 Å². The van der Waals surface area contributed by atoms with E-state index in [1.165, 1.54) is 0 Å². The molecule has 1 aromatic carbocycles. The summed E-state index contributed by atoms with van der Waals surface area (Å²) in [6.45, 7) is 2.64. The normalized spacial score (nSPS) is 19.6. The van der Waals surface area contributed by atoms with E-state index in [1.807, 2.05) is 31.2 Å². The van der Waals surface area contributed by atoms with Crippen molar-refractivity contribution < 1.29 is 19.4 Å². The molecule has 2 N–H and O–H groups in total. The lowest BCUT2D eigenvalue weighted by atomic mass is 10.1. The van der Waals surface area contributed by atoms with E-state index in [9.17, 15) is 9.59 Å². The van der Waals surface area contributed by atoms with Gasteiger partial charge in [0, 0.05) is 5.56 Å². The van der Waals surface area contributed by atoms with Gasteiger partial charge in [-0.25, -0.2) is 0 Å². The van der Waals surface area contributed by atoms with Gasteiger partial charge in [-0.15, -0.1) is 0 Å². The molecule has 2 rings (SSSR count). The molecule has 6 nitrogen and oxygen atoms in total. The van der Waals surface area contributed by atoms with E-state index in [-0.39, 0.29) is 18.5 Å². The highest BCUT2D eigenvalue weighted by molar-refractivity contribution is 5.80. The van der Waals surface area contributed by atoms with Crippen molar-refractivity contribution in [1.29, 1.82) is 0 Å². The fraction of sp³-hybridized carbons (Fsp3) is 0.500. The van der Waals surface area contributed by atoms with Crippen molar-refractivity contribution in [3.8, 4) is 5.75 Å². The Balaban J connectivity index is 1.95. The average molecular weight is 306 g/mol. The van der Waals surface area contributed by atoms with Gasteiger partial charge in [0.05, 0.1) is 19.7 Å². The van der Waals surface area contributed by atoms with E-state index in [2.05, 4.69) is 5.32 Å². The quantitative estimate of drug-likeness (QED) is 0.831. The summed E-state index contributed by atoms with van der Waals surface area (Å²) in [7, 11) is 1.59. The topological polar surface area (TPSA) is 78.9 Å². The summed E-state index contributed by atoms with van der Waals surface area (Å²) < 4.78 is 5.29. The molecule has 0 spiro atoms. The molecule has 2 atom stereocenters. The van der Waals surface area contributed by atoms with Gasteiger partial charge in [0.15, 0.2) is 0 Å². The number of ether oxygens (including phenoxy) is 1. The number of carboxylic acids is 1. The number of carbonyl (C=O) groups excluding carboxylic acids is 1. The van der Waals surface area contributed by atoms with E-state index in [0.29, 0.717) is 13.0 Å². The molecule has 1 aromatic rings. The number of nitrogens with zero attached hydrogens (tertiary/aromatic N) is 1. The van der Waals surface area contributed by atoms with E-state index < -0.39 is 12.0 Å². The zero-order valence-electron chi connectivity index (χ0n) is 12.9. The van der Waals surface area contributed by atoms with Crippen molar-refractivity contribution in [3.05, 3.63) is 29.8 Å². The first-order valence-corrected chi connectivity index (χ1v) is 7.42. The van der Waals surface area contributed by atoms with Crippen molar-refractivity contribution in [2.75, 3.05) is 20.2 Å². The van der Waals surface area contributed by atoms with Gasteiger partial charge in [0.1, 0.15) is 11.8 Å². The van der Waals surface area contributed by atoms with E-state index >= 15 is 0 Å². The van der Waals surface area contributed by atoms with Crippen LogP contribution in [0.25, 0.3) is 0 Å². The summed E-state index contributed by atoms with van der Waals surface area (Å²) in [6.07, 6.45) is 1.41. The molecule has 0 radical (unpaired) electrons. The van der Waals surface area contributed by atoms with Crippen LogP contribution in [0, 0.1) is 0 Å². The van der Waals surface area contributed by atoms with Crippen LogP contribution in [-0.2, 0) is 9.59 Å². The number of hydrogen-bond donors (Lipinski definition) is 2.